The molecule has 1 heterocycles. The predicted octanol–water partition coefficient (Wildman–Crippen LogP) is 6.85. The van der Waals surface area contributed by atoms with Gasteiger partial charge in [-0.2, -0.15) is 13.2 Å². The third kappa shape index (κ3) is 6.12. The second kappa shape index (κ2) is 10.7. The third-order valence-electron chi connectivity index (χ3n) is 4.41. The molecular formula is C23H16Cl2F3NO5. The largest absolute Gasteiger partial charge is 0.503 e. The zero-order chi connectivity index (χ0) is 24.9. The number of carbonyl (C=O) groups is 1. The number of nitrogens with zero attached hydrogens (tertiary/aromatic N) is 1. The second-order valence-electron chi connectivity index (χ2n) is 6.72. The molecule has 11 heteroatoms. The van der Waals surface area contributed by atoms with Crippen molar-refractivity contribution >= 4 is 34.7 Å². The van der Waals surface area contributed by atoms with E-state index in [1.54, 1.807) is 24.3 Å². The maximum atomic E-state index is 12.7. The lowest BCUT2D eigenvalue weighted by molar-refractivity contribution is -0.138. The van der Waals surface area contributed by atoms with E-state index in [2.05, 4.69) is 4.98 Å². The molecule has 0 atom stereocenters. The number of halogens is 5. The van der Waals surface area contributed by atoms with Gasteiger partial charge in [-0.3, -0.25) is 0 Å². The van der Waals surface area contributed by atoms with E-state index in [9.17, 15) is 23.1 Å². The molecule has 1 aromatic heterocycles. The van der Waals surface area contributed by atoms with Crippen LogP contribution in [-0.4, -0.2) is 23.2 Å². The van der Waals surface area contributed by atoms with Gasteiger partial charge in [0.25, 0.3) is 0 Å². The molecule has 0 saturated heterocycles. The summed E-state index contributed by atoms with van der Waals surface area (Å²) in [5.74, 6) is -1.06. The third-order valence-corrected chi connectivity index (χ3v) is 4.97. The Balaban J connectivity index is 1.78. The van der Waals surface area contributed by atoms with Crippen molar-refractivity contribution in [2.24, 2.45) is 0 Å². The highest BCUT2D eigenvalue weighted by Gasteiger charge is 2.30. The topological polar surface area (TPSA) is 77.9 Å². The van der Waals surface area contributed by atoms with Gasteiger partial charge in [0.1, 0.15) is 17.9 Å². The molecule has 1 N–H and O–H groups in total. The molecular weight excluding hydrogens is 498 g/mol. The fourth-order valence-electron chi connectivity index (χ4n) is 2.85. The first kappa shape index (κ1) is 25.2. The normalized spacial score (nSPS) is 11.8. The van der Waals surface area contributed by atoms with Crippen molar-refractivity contribution in [3.8, 4) is 17.4 Å². The number of aromatic nitrogens is 1. The van der Waals surface area contributed by atoms with Gasteiger partial charge in [-0.25, -0.2) is 9.78 Å². The van der Waals surface area contributed by atoms with Gasteiger partial charge >= 0.3 is 12.1 Å². The van der Waals surface area contributed by atoms with E-state index < -0.39 is 17.7 Å². The highest BCUT2D eigenvalue weighted by atomic mass is 35.5. The van der Waals surface area contributed by atoms with Crippen LogP contribution in [0.1, 0.15) is 16.7 Å². The van der Waals surface area contributed by atoms with E-state index in [4.69, 9.17) is 37.4 Å². The number of aliphatic carboxylic acids is 1. The molecule has 3 rings (SSSR count). The van der Waals surface area contributed by atoms with E-state index in [0.717, 1.165) is 18.4 Å². The van der Waals surface area contributed by atoms with Crippen LogP contribution in [0.3, 0.4) is 0 Å². The van der Waals surface area contributed by atoms with Crippen molar-refractivity contribution in [2.75, 3.05) is 7.11 Å². The number of carboxylic acid groups (broad SMARTS) is 1. The first-order valence-electron chi connectivity index (χ1n) is 9.47. The minimum absolute atomic E-state index is 0.0143. The van der Waals surface area contributed by atoms with E-state index in [1.165, 1.54) is 19.2 Å². The molecule has 3 aromatic rings. The lowest BCUT2D eigenvalue weighted by atomic mass is 10.0. The van der Waals surface area contributed by atoms with Crippen molar-refractivity contribution < 1.29 is 37.3 Å². The summed E-state index contributed by atoms with van der Waals surface area (Å²) in [7, 11) is 1.34. The maximum Gasteiger partial charge on any atom is 0.417 e. The van der Waals surface area contributed by atoms with Crippen LogP contribution >= 0.6 is 23.2 Å². The fraction of sp³-hybridized carbons (Fsp3) is 0.130. The van der Waals surface area contributed by atoms with Crippen LogP contribution in [0.15, 0.2) is 61.0 Å². The van der Waals surface area contributed by atoms with Crippen molar-refractivity contribution in [3.63, 3.8) is 0 Å². The Morgan fingerprint density at radius 1 is 1.12 bits per heavy atom. The number of pyridine rings is 1. The van der Waals surface area contributed by atoms with Gasteiger partial charge in [-0.15, -0.1) is 0 Å². The van der Waals surface area contributed by atoms with Crippen LogP contribution < -0.4 is 9.47 Å². The Kier molecular flexibility index (Phi) is 7.90. The van der Waals surface area contributed by atoms with Crippen LogP contribution in [0, 0.1) is 0 Å². The molecule has 0 fully saturated rings. The summed E-state index contributed by atoms with van der Waals surface area (Å²) in [6.07, 6.45) is -2.77. The van der Waals surface area contributed by atoms with Crippen molar-refractivity contribution in [2.45, 2.75) is 12.8 Å². The molecule has 6 nitrogen and oxygen atoms in total. The van der Waals surface area contributed by atoms with Crippen molar-refractivity contribution in [3.05, 3.63) is 87.7 Å². The Hall–Kier alpha value is -3.43. The van der Waals surface area contributed by atoms with Crippen LogP contribution in [0.5, 0.6) is 17.4 Å². The zero-order valence-electron chi connectivity index (χ0n) is 17.4. The van der Waals surface area contributed by atoms with E-state index in [0.29, 0.717) is 17.3 Å². The zero-order valence-corrected chi connectivity index (χ0v) is 18.9. The lowest BCUT2D eigenvalue weighted by Gasteiger charge is -2.14. The average Bonchev–Trinajstić information content (AvgIpc) is 2.78. The number of ether oxygens (including phenoxy) is 3. The van der Waals surface area contributed by atoms with Gasteiger partial charge in [0, 0.05) is 24.4 Å². The van der Waals surface area contributed by atoms with E-state index in [-0.39, 0.29) is 39.6 Å². The van der Waals surface area contributed by atoms with Gasteiger partial charge in [0.05, 0.1) is 29.0 Å². The summed E-state index contributed by atoms with van der Waals surface area (Å²) in [6.45, 7) is -0.0160. The second-order valence-corrected chi connectivity index (χ2v) is 7.53. The van der Waals surface area contributed by atoms with Crippen molar-refractivity contribution in [1.29, 1.82) is 0 Å². The molecule has 0 aliphatic carbocycles. The highest BCUT2D eigenvalue weighted by molar-refractivity contribution is 6.37. The standard InChI is InChI=1S/C23H16Cl2F3NO5/c1-32-12-17(22(30)31)16-5-3-2-4-13(16)11-33-15-8-18(24)21(19(25)9-15)34-20-7-6-14(10-29-20)23(26,27)28/h2-10,12H,11H2,1H3,(H,30,31)/b17-12+. The maximum absolute atomic E-state index is 12.7. The molecule has 0 aliphatic rings. The SMILES string of the molecule is CO/C=C(/C(=O)O)c1ccccc1COc1cc(Cl)c(Oc2ccc(C(F)(F)F)cn2)c(Cl)c1. The molecule has 0 amide bonds. The van der Waals surface area contributed by atoms with E-state index >= 15 is 0 Å². The molecule has 0 unspecified atom stereocenters. The predicted molar refractivity (Wildman–Crippen MR) is 119 cm³/mol. The first-order chi connectivity index (χ1) is 16.1. The minimum atomic E-state index is -4.52. The molecule has 0 saturated carbocycles. The number of carboxylic acids is 1. The van der Waals surface area contributed by atoms with E-state index in [1.807, 2.05) is 0 Å². The Morgan fingerprint density at radius 2 is 1.79 bits per heavy atom. The average molecular weight is 514 g/mol. The number of methoxy groups -OCH3 is 1. The molecule has 2 aromatic carbocycles. The Bertz CT molecular complexity index is 1190. The van der Waals surface area contributed by atoms with Gasteiger partial charge in [-0.1, -0.05) is 47.5 Å². The minimum Gasteiger partial charge on any atom is -0.503 e. The van der Waals surface area contributed by atoms with Gasteiger partial charge in [0.2, 0.25) is 5.88 Å². The molecule has 34 heavy (non-hydrogen) atoms. The summed E-state index contributed by atoms with van der Waals surface area (Å²) in [5, 5.41) is 9.51. The molecule has 0 bridgehead atoms. The summed E-state index contributed by atoms with van der Waals surface area (Å²) < 4.78 is 54.1. The number of benzene rings is 2. The molecule has 0 aliphatic heterocycles. The highest BCUT2D eigenvalue weighted by Crippen LogP contribution is 2.40. The quantitative estimate of drug-likeness (QED) is 0.262. The molecule has 0 radical (unpaired) electrons. The number of alkyl halides is 3. The van der Waals surface area contributed by atoms with Gasteiger partial charge < -0.3 is 19.3 Å². The van der Waals surface area contributed by atoms with Crippen LogP contribution in [0.4, 0.5) is 13.2 Å². The van der Waals surface area contributed by atoms with Crippen LogP contribution in [0.2, 0.25) is 10.0 Å². The summed E-state index contributed by atoms with van der Waals surface area (Å²) in [5.41, 5.74) is -0.00451. The fourth-order valence-corrected chi connectivity index (χ4v) is 3.39. The smallest absolute Gasteiger partial charge is 0.417 e. The Labute approximate surface area is 202 Å². The molecule has 178 valence electrons. The lowest BCUT2D eigenvalue weighted by Crippen LogP contribution is -2.06. The van der Waals surface area contributed by atoms with Crippen molar-refractivity contribution in [1.82, 2.24) is 4.98 Å². The van der Waals surface area contributed by atoms with Crippen LogP contribution in [-0.2, 0) is 22.3 Å². The van der Waals surface area contributed by atoms with Gasteiger partial charge in [0.15, 0.2) is 5.75 Å². The number of rotatable bonds is 8. The number of hydrogen-bond donors (Lipinski definition) is 1. The summed E-state index contributed by atoms with van der Waals surface area (Å²) >= 11 is 12.5. The Morgan fingerprint density at radius 3 is 2.35 bits per heavy atom. The summed E-state index contributed by atoms with van der Waals surface area (Å²) in [4.78, 5) is 15.2. The molecule has 0 spiro atoms. The monoisotopic (exact) mass is 513 g/mol. The first-order valence-corrected chi connectivity index (χ1v) is 10.2. The number of hydrogen-bond acceptors (Lipinski definition) is 5. The summed E-state index contributed by atoms with van der Waals surface area (Å²) in [6, 6.07) is 11.4. The van der Waals surface area contributed by atoms with Crippen LogP contribution in [0.25, 0.3) is 5.57 Å². The van der Waals surface area contributed by atoms with Gasteiger partial charge in [-0.05, 0) is 17.2 Å².